The van der Waals surface area contributed by atoms with Crippen molar-refractivity contribution in [3.8, 4) is 0 Å². The van der Waals surface area contributed by atoms with Crippen molar-refractivity contribution >= 4 is 11.8 Å². The quantitative estimate of drug-likeness (QED) is 0.437. The largest absolute Gasteiger partial charge is 0.462 e. The van der Waals surface area contributed by atoms with Gasteiger partial charge in [0.15, 0.2) is 5.78 Å². The number of hydrogen-bond acceptors (Lipinski definition) is 3. The first-order chi connectivity index (χ1) is 5.20. The van der Waals surface area contributed by atoms with Gasteiger partial charge in [-0.05, 0) is 18.1 Å². The molecule has 0 aliphatic heterocycles. The Hall–Kier alpha value is -1.12. The van der Waals surface area contributed by atoms with Crippen LogP contribution in [0.15, 0.2) is 11.6 Å². The average Bonchev–Trinajstić information content (AvgIpc) is 1.94. The first-order valence-corrected chi connectivity index (χ1v) is 3.56. The zero-order chi connectivity index (χ0) is 8.27. The highest BCUT2D eigenvalue weighted by Crippen LogP contribution is 2.20. The van der Waals surface area contributed by atoms with Crippen LogP contribution < -0.4 is 0 Å². The number of allylic oxidation sites excluding steroid dienone is 1. The van der Waals surface area contributed by atoms with Gasteiger partial charge in [-0.2, -0.15) is 0 Å². The molecule has 0 bridgehead atoms. The average molecular weight is 154 g/mol. The van der Waals surface area contributed by atoms with Crippen molar-refractivity contribution in [1.29, 1.82) is 0 Å². The number of rotatable bonds is 2. The number of carbonyl (C=O) groups excluding carboxylic acids is 2. The molecule has 0 saturated heterocycles. The molecule has 0 unspecified atom stereocenters. The minimum absolute atomic E-state index is 0.178. The van der Waals surface area contributed by atoms with E-state index in [0.29, 0.717) is 6.42 Å². The molecule has 3 nitrogen and oxygen atoms in total. The van der Waals surface area contributed by atoms with Crippen molar-refractivity contribution < 1.29 is 14.3 Å². The summed E-state index contributed by atoms with van der Waals surface area (Å²) in [6, 6.07) is 0. The van der Waals surface area contributed by atoms with E-state index in [0.717, 1.165) is 12.0 Å². The molecule has 60 valence electrons. The molecule has 0 aromatic rings. The predicted octanol–water partition coefficient (Wildman–Crippen LogP) is 0.839. The van der Waals surface area contributed by atoms with E-state index >= 15 is 0 Å². The summed E-state index contributed by atoms with van der Waals surface area (Å²) in [6.45, 7) is 1.58. The van der Waals surface area contributed by atoms with Crippen LogP contribution in [0, 0.1) is 0 Å². The monoisotopic (exact) mass is 154 g/mol. The summed E-state index contributed by atoms with van der Waals surface area (Å²) in [6.07, 6.45) is 3.15. The SMILES string of the molecule is CC(=O)OC/C=C1/CCC1=O. The van der Waals surface area contributed by atoms with Crippen LogP contribution >= 0.6 is 0 Å². The lowest BCUT2D eigenvalue weighted by Crippen LogP contribution is -2.15. The smallest absolute Gasteiger partial charge is 0.302 e. The molecule has 0 radical (unpaired) electrons. The van der Waals surface area contributed by atoms with E-state index in [2.05, 4.69) is 4.74 Å². The summed E-state index contributed by atoms with van der Waals surface area (Å²) in [7, 11) is 0. The highest BCUT2D eigenvalue weighted by molar-refractivity contribution is 6.01. The van der Waals surface area contributed by atoms with Gasteiger partial charge in [0.05, 0.1) is 0 Å². The van der Waals surface area contributed by atoms with Crippen molar-refractivity contribution in [2.45, 2.75) is 19.8 Å². The van der Waals surface area contributed by atoms with Crippen LogP contribution in [0.5, 0.6) is 0 Å². The summed E-state index contributed by atoms with van der Waals surface area (Å²) in [5.74, 6) is -0.134. The number of Topliss-reactive ketones (excluding diaryl/α,β-unsaturated/α-hetero) is 1. The molecule has 1 rings (SSSR count). The van der Waals surface area contributed by atoms with Crippen molar-refractivity contribution in [2.24, 2.45) is 0 Å². The Morgan fingerprint density at radius 2 is 2.36 bits per heavy atom. The van der Waals surface area contributed by atoms with Crippen LogP contribution in [0.2, 0.25) is 0 Å². The lowest BCUT2D eigenvalue weighted by Gasteiger charge is -2.13. The molecule has 1 saturated carbocycles. The summed E-state index contributed by atoms with van der Waals surface area (Å²) in [5, 5.41) is 0. The van der Waals surface area contributed by atoms with Crippen LogP contribution in [-0.2, 0) is 14.3 Å². The maximum absolute atomic E-state index is 10.7. The van der Waals surface area contributed by atoms with Crippen molar-refractivity contribution in [1.82, 2.24) is 0 Å². The van der Waals surface area contributed by atoms with Crippen LogP contribution in [0.4, 0.5) is 0 Å². The second kappa shape index (κ2) is 3.32. The summed E-state index contributed by atoms with van der Waals surface area (Å²) in [4.78, 5) is 21.0. The van der Waals surface area contributed by atoms with Crippen molar-refractivity contribution in [3.05, 3.63) is 11.6 Å². The third-order valence-corrected chi connectivity index (χ3v) is 1.60. The van der Waals surface area contributed by atoms with Gasteiger partial charge in [-0.25, -0.2) is 0 Å². The molecule has 0 amide bonds. The van der Waals surface area contributed by atoms with E-state index in [1.165, 1.54) is 6.92 Å². The van der Waals surface area contributed by atoms with Crippen LogP contribution in [0.3, 0.4) is 0 Å². The molecule has 0 spiro atoms. The molecule has 0 atom stereocenters. The number of esters is 1. The van der Waals surface area contributed by atoms with Gasteiger partial charge in [-0.1, -0.05) is 0 Å². The van der Waals surface area contributed by atoms with E-state index in [1.807, 2.05) is 0 Å². The maximum Gasteiger partial charge on any atom is 0.302 e. The molecular weight excluding hydrogens is 144 g/mol. The summed E-state index contributed by atoms with van der Waals surface area (Å²) >= 11 is 0. The Kier molecular flexibility index (Phi) is 2.41. The third kappa shape index (κ3) is 2.18. The highest BCUT2D eigenvalue weighted by Gasteiger charge is 2.19. The number of ketones is 1. The number of carbonyl (C=O) groups is 2. The molecule has 1 aliphatic rings. The Bertz CT molecular complexity index is 215. The molecule has 0 aromatic carbocycles. The van der Waals surface area contributed by atoms with Gasteiger partial charge in [0.25, 0.3) is 0 Å². The second-order valence-corrected chi connectivity index (χ2v) is 2.46. The van der Waals surface area contributed by atoms with Crippen LogP contribution in [0.25, 0.3) is 0 Å². The van der Waals surface area contributed by atoms with Crippen molar-refractivity contribution in [3.63, 3.8) is 0 Å². The van der Waals surface area contributed by atoms with Gasteiger partial charge in [-0.15, -0.1) is 0 Å². The zero-order valence-corrected chi connectivity index (χ0v) is 6.42. The third-order valence-electron chi connectivity index (χ3n) is 1.60. The van der Waals surface area contributed by atoms with Crippen LogP contribution in [0.1, 0.15) is 19.8 Å². The number of ether oxygens (including phenoxy) is 1. The standard InChI is InChI=1S/C8H10O3/c1-6(9)11-5-4-7-2-3-8(7)10/h4H,2-3,5H2,1H3/b7-4-. The molecule has 1 fully saturated rings. The van der Waals surface area contributed by atoms with E-state index in [1.54, 1.807) is 6.08 Å². The maximum atomic E-state index is 10.7. The van der Waals surface area contributed by atoms with Gasteiger partial charge < -0.3 is 4.74 Å². The summed E-state index contributed by atoms with van der Waals surface area (Å²) in [5.41, 5.74) is 0.797. The zero-order valence-electron chi connectivity index (χ0n) is 6.42. The minimum atomic E-state index is -0.311. The second-order valence-electron chi connectivity index (χ2n) is 2.46. The molecule has 0 heterocycles. The lowest BCUT2D eigenvalue weighted by molar-refractivity contribution is -0.139. The van der Waals surface area contributed by atoms with Gasteiger partial charge >= 0.3 is 5.97 Å². The van der Waals surface area contributed by atoms with Crippen LogP contribution in [-0.4, -0.2) is 18.4 Å². The lowest BCUT2D eigenvalue weighted by atomic mass is 9.91. The first-order valence-electron chi connectivity index (χ1n) is 3.56. The Balaban J connectivity index is 2.25. The highest BCUT2D eigenvalue weighted by atomic mass is 16.5. The normalized spacial score (nSPS) is 19.7. The Morgan fingerprint density at radius 1 is 1.64 bits per heavy atom. The number of hydrogen-bond donors (Lipinski definition) is 0. The summed E-state index contributed by atoms with van der Waals surface area (Å²) < 4.78 is 4.63. The van der Waals surface area contributed by atoms with Gasteiger partial charge in [0, 0.05) is 13.3 Å². The van der Waals surface area contributed by atoms with Gasteiger partial charge in [0.2, 0.25) is 0 Å². The molecule has 0 N–H and O–H groups in total. The topological polar surface area (TPSA) is 43.4 Å². The predicted molar refractivity (Wildman–Crippen MR) is 39.0 cm³/mol. The first kappa shape index (κ1) is 7.98. The van der Waals surface area contributed by atoms with E-state index in [4.69, 9.17) is 0 Å². The molecule has 11 heavy (non-hydrogen) atoms. The molecular formula is C8H10O3. The Labute approximate surface area is 65.0 Å². The fourth-order valence-electron chi connectivity index (χ4n) is 0.847. The van der Waals surface area contributed by atoms with E-state index in [9.17, 15) is 9.59 Å². The molecule has 3 heteroatoms. The molecule has 1 aliphatic carbocycles. The van der Waals surface area contributed by atoms with Gasteiger partial charge in [-0.3, -0.25) is 9.59 Å². The minimum Gasteiger partial charge on any atom is -0.462 e. The Morgan fingerprint density at radius 3 is 2.73 bits per heavy atom. The van der Waals surface area contributed by atoms with E-state index in [-0.39, 0.29) is 18.4 Å². The fourth-order valence-corrected chi connectivity index (χ4v) is 0.847. The van der Waals surface area contributed by atoms with E-state index < -0.39 is 0 Å². The fraction of sp³-hybridized carbons (Fsp3) is 0.500. The van der Waals surface area contributed by atoms with Gasteiger partial charge in [0.1, 0.15) is 6.61 Å². The molecule has 0 aromatic heterocycles. The van der Waals surface area contributed by atoms with Crippen molar-refractivity contribution in [2.75, 3.05) is 6.61 Å².